The molecule has 2 aliphatic heterocycles. The van der Waals surface area contributed by atoms with Crippen LogP contribution in [0.2, 0.25) is 0 Å². The molecule has 0 aliphatic carbocycles. The number of nitrogens with one attached hydrogen (secondary N) is 1. The molecule has 0 aromatic rings. The van der Waals surface area contributed by atoms with Gasteiger partial charge in [-0.1, -0.05) is 25.5 Å². The van der Waals surface area contributed by atoms with Gasteiger partial charge in [-0.05, 0) is 12.8 Å². The van der Waals surface area contributed by atoms with Crippen LogP contribution in [-0.4, -0.2) is 35.3 Å². The number of nitrogens with zero attached hydrogens (tertiary/aromatic N) is 1. The van der Waals surface area contributed by atoms with Gasteiger partial charge in [0, 0.05) is 6.54 Å². The lowest BCUT2D eigenvalue weighted by Crippen LogP contribution is -2.60. The minimum atomic E-state index is -0.315. The van der Waals surface area contributed by atoms with Gasteiger partial charge in [0.2, 0.25) is 11.8 Å². The standard InChI is InChI=1S/C11H16N2O2/c1-3-4-8-11(15)13-6-7(2)5-9(13)10(14)12-8/h8-9H,2-6H2,1H3,(H,12,14)/t8-,9+/m0/s1. The molecule has 2 rings (SSSR count). The van der Waals surface area contributed by atoms with Crippen LogP contribution in [0.1, 0.15) is 26.2 Å². The minimum absolute atomic E-state index is 0.0216. The van der Waals surface area contributed by atoms with Crippen LogP contribution >= 0.6 is 0 Å². The van der Waals surface area contributed by atoms with Crippen molar-refractivity contribution in [1.82, 2.24) is 10.2 Å². The van der Waals surface area contributed by atoms with E-state index < -0.39 is 0 Å². The number of fused-ring (bicyclic) bond motifs is 1. The predicted octanol–water partition coefficient (Wildman–Crippen LogP) is 0.442. The van der Waals surface area contributed by atoms with E-state index in [0.717, 1.165) is 18.4 Å². The van der Waals surface area contributed by atoms with Crippen LogP contribution in [0, 0.1) is 0 Å². The first-order valence-corrected chi connectivity index (χ1v) is 5.41. The van der Waals surface area contributed by atoms with Crippen LogP contribution < -0.4 is 5.32 Å². The van der Waals surface area contributed by atoms with Crippen LogP contribution in [0.4, 0.5) is 0 Å². The van der Waals surface area contributed by atoms with E-state index in [0.29, 0.717) is 13.0 Å². The van der Waals surface area contributed by atoms with Gasteiger partial charge in [-0.25, -0.2) is 0 Å². The van der Waals surface area contributed by atoms with Crippen LogP contribution in [0.15, 0.2) is 12.2 Å². The lowest BCUT2D eigenvalue weighted by molar-refractivity contribution is -0.147. The molecule has 2 amide bonds. The molecular formula is C11H16N2O2. The third-order valence-corrected chi connectivity index (χ3v) is 3.03. The van der Waals surface area contributed by atoms with Gasteiger partial charge in [0.05, 0.1) is 0 Å². The number of carbonyl (C=O) groups is 2. The molecule has 2 fully saturated rings. The fourth-order valence-corrected chi connectivity index (χ4v) is 2.28. The summed E-state index contributed by atoms with van der Waals surface area (Å²) in [5.74, 6) is 0.0341. The van der Waals surface area contributed by atoms with E-state index in [4.69, 9.17) is 0 Å². The van der Waals surface area contributed by atoms with Crippen molar-refractivity contribution in [2.24, 2.45) is 0 Å². The summed E-state index contributed by atoms with van der Waals surface area (Å²) in [7, 11) is 0. The highest BCUT2D eigenvalue weighted by molar-refractivity contribution is 5.98. The molecule has 0 aromatic heterocycles. The van der Waals surface area contributed by atoms with E-state index in [1.165, 1.54) is 0 Å². The Morgan fingerprint density at radius 2 is 2.27 bits per heavy atom. The average molecular weight is 208 g/mol. The molecule has 4 heteroatoms. The molecule has 82 valence electrons. The van der Waals surface area contributed by atoms with Gasteiger partial charge in [-0.2, -0.15) is 0 Å². The first-order valence-electron chi connectivity index (χ1n) is 5.41. The van der Waals surface area contributed by atoms with Gasteiger partial charge in [-0.15, -0.1) is 0 Å². The van der Waals surface area contributed by atoms with Gasteiger partial charge >= 0.3 is 0 Å². The van der Waals surface area contributed by atoms with E-state index in [9.17, 15) is 9.59 Å². The van der Waals surface area contributed by atoms with Crippen LogP contribution in [0.5, 0.6) is 0 Å². The first kappa shape index (κ1) is 10.2. The number of carbonyl (C=O) groups excluding carboxylic acids is 2. The highest BCUT2D eigenvalue weighted by atomic mass is 16.2. The Morgan fingerprint density at radius 3 is 2.93 bits per heavy atom. The number of rotatable bonds is 2. The third-order valence-electron chi connectivity index (χ3n) is 3.03. The largest absolute Gasteiger partial charge is 0.342 e. The Balaban J connectivity index is 2.17. The summed E-state index contributed by atoms with van der Waals surface area (Å²) in [5.41, 5.74) is 0.973. The van der Waals surface area contributed by atoms with Crippen LogP contribution in [-0.2, 0) is 9.59 Å². The van der Waals surface area contributed by atoms with E-state index >= 15 is 0 Å². The van der Waals surface area contributed by atoms with Gasteiger partial charge in [0.25, 0.3) is 0 Å². The fourth-order valence-electron chi connectivity index (χ4n) is 2.28. The van der Waals surface area contributed by atoms with Crippen molar-refractivity contribution < 1.29 is 9.59 Å². The summed E-state index contributed by atoms with van der Waals surface area (Å²) in [5, 5.41) is 2.79. The lowest BCUT2D eigenvalue weighted by Gasteiger charge is -2.34. The molecule has 0 radical (unpaired) electrons. The highest BCUT2D eigenvalue weighted by Gasteiger charge is 2.43. The number of piperazine rings is 1. The monoisotopic (exact) mass is 208 g/mol. The first-order chi connectivity index (χ1) is 7.13. The second kappa shape index (κ2) is 3.68. The van der Waals surface area contributed by atoms with Gasteiger partial charge in [0.1, 0.15) is 12.1 Å². The number of amides is 2. The molecule has 0 unspecified atom stereocenters. The number of hydrogen-bond acceptors (Lipinski definition) is 2. The van der Waals surface area contributed by atoms with Gasteiger partial charge < -0.3 is 10.2 Å². The van der Waals surface area contributed by atoms with E-state index in [2.05, 4.69) is 11.9 Å². The molecular weight excluding hydrogens is 192 g/mol. The second-order valence-electron chi connectivity index (χ2n) is 4.29. The minimum Gasteiger partial charge on any atom is -0.342 e. The van der Waals surface area contributed by atoms with Gasteiger partial charge in [0.15, 0.2) is 0 Å². The molecule has 15 heavy (non-hydrogen) atoms. The van der Waals surface area contributed by atoms with Crippen molar-refractivity contribution >= 4 is 11.8 Å². The zero-order valence-corrected chi connectivity index (χ0v) is 8.95. The molecule has 4 nitrogen and oxygen atoms in total. The highest BCUT2D eigenvalue weighted by Crippen LogP contribution is 2.25. The number of hydrogen-bond donors (Lipinski definition) is 1. The summed E-state index contributed by atoms with van der Waals surface area (Å²) in [6, 6.07) is -0.609. The van der Waals surface area contributed by atoms with Gasteiger partial charge in [-0.3, -0.25) is 9.59 Å². The lowest BCUT2D eigenvalue weighted by atomic mass is 10.0. The zero-order chi connectivity index (χ0) is 11.0. The van der Waals surface area contributed by atoms with E-state index in [1.54, 1.807) is 4.90 Å². The smallest absolute Gasteiger partial charge is 0.246 e. The Hall–Kier alpha value is -1.32. The van der Waals surface area contributed by atoms with Crippen molar-refractivity contribution in [2.45, 2.75) is 38.3 Å². The van der Waals surface area contributed by atoms with Crippen molar-refractivity contribution in [3.05, 3.63) is 12.2 Å². The second-order valence-corrected chi connectivity index (χ2v) is 4.29. The summed E-state index contributed by atoms with van der Waals surface area (Å²) in [6.45, 7) is 6.41. The summed E-state index contributed by atoms with van der Waals surface area (Å²) < 4.78 is 0. The van der Waals surface area contributed by atoms with Crippen molar-refractivity contribution in [3.8, 4) is 0 Å². The molecule has 2 heterocycles. The van der Waals surface area contributed by atoms with Crippen molar-refractivity contribution in [2.75, 3.05) is 6.54 Å². The topological polar surface area (TPSA) is 49.4 Å². The molecule has 2 saturated heterocycles. The van der Waals surface area contributed by atoms with E-state index in [-0.39, 0.29) is 23.9 Å². The Labute approximate surface area is 89.3 Å². The SMILES string of the molecule is C=C1C[C@@H]2C(=O)N[C@@H](CCC)C(=O)N2C1. The summed E-state index contributed by atoms with van der Waals surface area (Å²) in [6.07, 6.45) is 2.24. The Bertz CT molecular complexity index is 325. The molecule has 0 aromatic carbocycles. The van der Waals surface area contributed by atoms with E-state index in [1.807, 2.05) is 6.92 Å². The maximum absolute atomic E-state index is 12.0. The predicted molar refractivity (Wildman–Crippen MR) is 56.1 cm³/mol. The molecule has 2 atom stereocenters. The molecule has 0 bridgehead atoms. The average Bonchev–Trinajstić information content (AvgIpc) is 2.57. The molecule has 0 saturated carbocycles. The Kier molecular flexibility index (Phi) is 2.50. The van der Waals surface area contributed by atoms with Crippen LogP contribution in [0.3, 0.4) is 0 Å². The maximum atomic E-state index is 12.0. The normalized spacial score (nSPS) is 30.5. The molecule has 2 aliphatic rings. The van der Waals surface area contributed by atoms with Crippen molar-refractivity contribution in [1.29, 1.82) is 0 Å². The summed E-state index contributed by atoms with van der Waals surface area (Å²) in [4.78, 5) is 25.3. The third kappa shape index (κ3) is 1.64. The molecule has 1 N–H and O–H groups in total. The van der Waals surface area contributed by atoms with Crippen molar-refractivity contribution in [3.63, 3.8) is 0 Å². The maximum Gasteiger partial charge on any atom is 0.246 e. The zero-order valence-electron chi connectivity index (χ0n) is 8.95. The fraction of sp³-hybridized carbons (Fsp3) is 0.636. The van der Waals surface area contributed by atoms with Crippen LogP contribution in [0.25, 0.3) is 0 Å². The summed E-state index contributed by atoms with van der Waals surface area (Å²) >= 11 is 0. The Morgan fingerprint density at radius 1 is 1.53 bits per heavy atom. The molecule has 0 spiro atoms. The quantitative estimate of drug-likeness (QED) is 0.669.